The topological polar surface area (TPSA) is 32.3 Å². The fourth-order valence-electron chi connectivity index (χ4n) is 2.30. The molecule has 0 heterocycles. The number of nitrogens with one attached hydrogen (secondary N) is 1. The van der Waals surface area contributed by atoms with Crippen molar-refractivity contribution >= 4 is 6.03 Å². The Bertz CT molecular complexity index is 643. The smallest absolute Gasteiger partial charge is 0.317 e. The third-order valence-corrected chi connectivity index (χ3v) is 3.43. The van der Waals surface area contributed by atoms with E-state index in [1.165, 1.54) is 12.1 Å². The zero-order valence-corrected chi connectivity index (χ0v) is 13.0. The molecule has 120 valence electrons. The van der Waals surface area contributed by atoms with Gasteiger partial charge in [0.05, 0.1) is 0 Å². The lowest BCUT2D eigenvalue weighted by Crippen LogP contribution is -2.40. The van der Waals surface area contributed by atoms with Crippen LogP contribution in [0.15, 0.2) is 67.3 Å². The summed E-state index contributed by atoms with van der Waals surface area (Å²) in [6.45, 7) is 5.16. The van der Waals surface area contributed by atoms with Crippen LogP contribution in [0.25, 0.3) is 0 Å². The number of rotatable bonds is 7. The summed E-state index contributed by atoms with van der Waals surface area (Å²) in [5.41, 5.74) is 1.93. The van der Waals surface area contributed by atoms with Gasteiger partial charge in [-0.3, -0.25) is 0 Å². The van der Waals surface area contributed by atoms with Crippen molar-refractivity contribution in [2.24, 2.45) is 0 Å². The number of carbonyl (C=O) groups excluding carboxylic acids is 1. The van der Waals surface area contributed by atoms with Crippen LogP contribution < -0.4 is 5.32 Å². The second-order valence-electron chi connectivity index (χ2n) is 5.27. The van der Waals surface area contributed by atoms with Crippen LogP contribution in [0.1, 0.15) is 11.1 Å². The van der Waals surface area contributed by atoms with Crippen LogP contribution in [0.4, 0.5) is 9.18 Å². The monoisotopic (exact) mass is 312 g/mol. The molecule has 23 heavy (non-hydrogen) atoms. The van der Waals surface area contributed by atoms with Gasteiger partial charge in [0.2, 0.25) is 0 Å². The van der Waals surface area contributed by atoms with E-state index in [-0.39, 0.29) is 11.8 Å². The summed E-state index contributed by atoms with van der Waals surface area (Å²) >= 11 is 0. The zero-order valence-electron chi connectivity index (χ0n) is 13.0. The van der Waals surface area contributed by atoms with Gasteiger partial charge in [-0.1, -0.05) is 48.5 Å². The van der Waals surface area contributed by atoms with E-state index in [1.54, 1.807) is 17.0 Å². The van der Waals surface area contributed by atoms with Crippen molar-refractivity contribution in [3.8, 4) is 0 Å². The van der Waals surface area contributed by atoms with Crippen LogP contribution in [-0.4, -0.2) is 24.0 Å². The quantitative estimate of drug-likeness (QED) is 0.776. The number of carbonyl (C=O) groups is 1. The summed E-state index contributed by atoms with van der Waals surface area (Å²) in [7, 11) is 0. The highest BCUT2D eigenvalue weighted by Crippen LogP contribution is 2.06. The first-order valence-corrected chi connectivity index (χ1v) is 7.61. The van der Waals surface area contributed by atoms with E-state index in [0.29, 0.717) is 26.1 Å². The van der Waals surface area contributed by atoms with Gasteiger partial charge in [-0.2, -0.15) is 0 Å². The summed E-state index contributed by atoms with van der Waals surface area (Å²) in [6, 6.07) is 16.1. The lowest BCUT2D eigenvalue weighted by molar-refractivity contribution is 0.201. The minimum atomic E-state index is -0.258. The van der Waals surface area contributed by atoms with Crippen molar-refractivity contribution in [1.82, 2.24) is 10.2 Å². The summed E-state index contributed by atoms with van der Waals surface area (Å²) in [4.78, 5) is 14.0. The third-order valence-electron chi connectivity index (χ3n) is 3.43. The molecule has 0 aromatic heterocycles. The molecule has 0 unspecified atom stereocenters. The molecule has 3 nitrogen and oxygen atoms in total. The van der Waals surface area contributed by atoms with Crippen molar-refractivity contribution in [2.45, 2.75) is 13.0 Å². The fourth-order valence-corrected chi connectivity index (χ4v) is 2.30. The molecule has 2 amide bonds. The minimum Gasteiger partial charge on any atom is -0.338 e. The standard InChI is InChI=1S/C19H21FN2O/c1-2-13-22(15-17-7-4-3-5-8-17)19(23)21-12-11-16-9-6-10-18(20)14-16/h2-10,14H,1,11-13,15H2,(H,21,23). The summed E-state index contributed by atoms with van der Waals surface area (Å²) < 4.78 is 13.1. The van der Waals surface area contributed by atoms with Crippen molar-refractivity contribution in [2.75, 3.05) is 13.1 Å². The van der Waals surface area contributed by atoms with Crippen LogP contribution in [-0.2, 0) is 13.0 Å². The highest BCUT2D eigenvalue weighted by Gasteiger charge is 2.11. The van der Waals surface area contributed by atoms with Crippen LogP contribution in [0.2, 0.25) is 0 Å². The maximum atomic E-state index is 13.1. The highest BCUT2D eigenvalue weighted by atomic mass is 19.1. The van der Waals surface area contributed by atoms with Crippen LogP contribution >= 0.6 is 0 Å². The molecule has 2 rings (SSSR count). The van der Waals surface area contributed by atoms with Gasteiger partial charge in [0, 0.05) is 19.6 Å². The number of hydrogen-bond donors (Lipinski definition) is 1. The Hall–Kier alpha value is -2.62. The minimum absolute atomic E-state index is 0.148. The molecule has 4 heteroatoms. The van der Waals surface area contributed by atoms with Gasteiger partial charge in [-0.15, -0.1) is 6.58 Å². The number of nitrogens with zero attached hydrogens (tertiary/aromatic N) is 1. The van der Waals surface area contributed by atoms with Gasteiger partial charge in [-0.25, -0.2) is 9.18 Å². The predicted molar refractivity (Wildman–Crippen MR) is 90.6 cm³/mol. The molecular formula is C19H21FN2O. The zero-order chi connectivity index (χ0) is 16.5. The van der Waals surface area contributed by atoms with E-state index in [4.69, 9.17) is 0 Å². The molecule has 0 bridgehead atoms. The SMILES string of the molecule is C=CCN(Cc1ccccc1)C(=O)NCCc1cccc(F)c1. The van der Waals surface area contributed by atoms with Crippen molar-refractivity contribution in [3.05, 3.63) is 84.2 Å². The van der Waals surface area contributed by atoms with Crippen LogP contribution in [0, 0.1) is 5.82 Å². The second kappa shape index (κ2) is 8.73. The first-order valence-electron chi connectivity index (χ1n) is 7.61. The molecule has 1 N–H and O–H groups in total. The molecule has 0 aliphatic rings. The largest absolute Gasteiger partial charge is 0.338 e. The fraction of sp³-hybridized carbons (Fsp3) is 0.211. The van der Waals surface area contributed by atoms with E-state index in [0.717, 1.165) is 11.1 Å². The lowest BCUT2D eigenvalue weighted by atomic mass is 10.1. The normalized spacial score (nSPS) is 10.1. The molecule has 0 saturated heterocycles. The molecule has 0 atom stereocenters. The lowest BCUT2D eigenvalue weighted by Gasteiger charge is -2.21. The number of urea groups is 1. The van der Waals surface area contributed by atoms with E-state index in [2.05, 4.69) is 11.9 Å². The Morgan fingerprint density at radius 2 is 1.87 bits per heavy atom. The maximum Gasteiger partial charge on any atom is 0.317 e. The maximum absolute atomic E-state index is 13.1. The predicted octanol–water partition coefficient (Wildman–Crippen LogP) is 3.77. The number of amides is 2. The molecule has 0 aliphatic heterocycles. The molecule has 0 fully saturated rings. The van der Waals surface area contributed by atoms with Gasteiger partial charge in [-0.05, 0) is 29.7 Å². The summed E-state index contributed by atoms with van der Waals surface area (Å²) in [5, 5.41) is 2.87. The first kappa shape index (κ1) is 16.7. The molecule has 0 saturated carbocycles. The summed E-state index contributed by atoms with van der Waals surface area (Å²) in [6.07, 6.45) is 2.30. The number of halogens is 1. The van der Waals surface area contributed by atoms with Gasteiger partial charge in [0.1, 0.15) is 5.82 Å². The van der Waals surface area contributed by atoms with Gasteiger partial charge < -0.3 is 10.2 Å². The van der Waals surface area contributed by atoms with E-state index in [9.17, 15) is 9.18 Å². The highest BCUT2D eigenvalue weighted by molar-refractivity contribution is 5.74. The Labute approximate surface area is 136 Å². The van der Waals surface area contributed by atoms with Crippen LogP contribution in [0.5, 0.6) is 0 Å². The Kier molecular flexibility index (Phi) is 6.36. The Morgan fingerprint density at radius 3 is 2.57 bits per heavy atom. The molecule has 0 spiro atoms. The average Bonchev–Trinajstić information content (AvgIpc) is 2.55. The van der Waals surface area contributed by atoms with Gasteiger partial charge in [0.25, 0.3) is 0 Å². The average molecular weight is 312 g/mol. The number of benzene rings is 2. The first-order chi connectivity index (χ1) is 11.2. The van der Waals surface area contributed by atoms with Crippen molar-refractivity contribution in [1.29, 1.82) is 0 Å². The molecule has 0 aliphatic carbocycles. The van der Waals surface area contributed by atoms with Crippen molar-refractivity contribution < 1.29 is 9.18 Å². The van der Waals surface area contributed by atoms with Crippen molar-refractivity contribution in [3.63, 3.8) is 0 Å². The van der Waals surface area contributed by atoms with Crippen LogP contribution in [0.3, 0.4) is 0 Å². The second-order valence-corrected chi connectivity index (χ2v) is 5.27. The molecule has 0 radical (unpaired) electrons. The molecular weight excluding hydrogens is 291 g/mol. The van der Waals surface area contributed by atoms with Gasteiger partial charge >= 0.3 is 6.03 Å². The summed E-state index contributed by atoms with van der Waals surface area (Å²) in [5.74, 6) is -0.258. The van der Waals surface area contributed by atoms with E-state index >= 15 is 0 Å². The van der Waals surface area contributed by atoms with E-state index in [1.807, 2.05) is 36.4 Å². The molecule has 2 aromatic rings. The molecule has 2 aromatic carbocycles. The van der Waals surface area contributed by atoms with E-state index < -0.39 is 0 Å². The Balaban J connectivity index is 1.86. The number of hydrogen-bond acceptors (Lipinski definition) is 1. The Morgan fingerprint density at radius 1 is 1.13 bits per heavy atom. The van der Waals surface area contributed by atoms with Gasteiger partial charge in [0.15, 0.2) is 0 Å². The third kappa shape index (κ3) is 5.58.